The Labute approximate surface area is 175 Å². The second kappa shape index (κ2) is 11.2. The number of anilines is 1. The third-order valence-electron chi connectivity index (χ3n) is 4.48. The van der Waals surface area contributed by atoms with Gasteiger partial charge in [-0.1, -0.05) is 12.1 Å². The van der Waals surface area contributed by atoms with E-state index in [0.717, 1.165) is 30.5 Å². The Morgan fingerprint density at radius 2 is 2.00 bits per heavy atom. The van der Waals surface area contributed by atoms with Crippen LogP contribution in [0, 0.1) is 0 Å². The summed E-state index contributed by atoms with van der Waals surface area (Å²) in [4.78, 5) is 15.8. The molecule has 8 nitrogen and oxygen atoms in total. The van der Waals surface area contributed by atoms with Crippen molar-refractivity contribution in [3.63, 3.8) is 0 Å². The van der Waals surface area contributed by atoms with Crippen LogP contribution in [0.1, 0.15) is 13.3 Å². The molecule has 3 rings (SSSR count). The highest BCUT2D eigenvalue weighted by Gasteiger charge is 2.06. The van der Waals surface area contributed by atoms with Gasteiger partial charge in [0.2, 0.25) is 0 Å². The van der Waals surface area contributed by atoms with E-state index >= 15 is 0 Å². The van der Waals surface area contributed by atoms with Crippen LogP contribution in [0.2, 0.25) is 0 Å². The van der Waals surface area contributed by atoms with Gasteiger partial charge in [-0.3, -0.25) is 5.32 Å². The molecule has 1 atom stereocenters. The number of aryl methyl sites for hydroxylation is 1. The Hall–Kier alpha value is -3.10. The lowest BCUT2D eigenvalue weighted by molar-refractivity contribution is 0.106. The summed E-state index contributed by atoms with van der Waals surface area (Å²) in [6.45, 7) is 4.36. The van der Waals surface area contributed by atoms with E-state index in [1.807, 2.05) is 24.5 Å². The van der Waals surface area contributed by atoms with Gasteiger partial charge in [0.15, 0.2) is 0 Å². The maximum absolute atomic E-state index is 11.4. The largest absolute Gasteiger partial charge is 0.491 e. The monoisotopic (exact) mass is 412 g/mol. The Kier molecular flexibility index (Phi) is 8.05. The molecular weight excluding hydrogens is 384 g/mol. The van der Waals surface area contributed by atoms with Gasteiger partial charge < -0.3 is 24.5 Å². The first-order chi connectivity index (χ1) is 14.7. The third kappa shape index (κ3) is 6.47. The van der Waals surface area contributed by atoms with Crippen LogP contribution in [-0.4, -0.2) is 53.2 Å². The van der Waals surface area contributed by atoms with Crippen molar-refractivity contribution in [2.45, 2.75) is 26.0 Å². The number of nitrogens with zero attached hydrogens (tertiary/aromatic N) is 2. The number of amides is 1. The average molecular weight is 412 g/mol. The summed E-state index contributed by atoms with van der Waals surface area (Å²) in [7, 11) is 0. The Bertz CT molecular complexity index is 926. The average Bonchev–Trinajstić information content (AvgIpc) is 3.16. The highest BCUT2D eigenvalue weighted by molar-refractivity contribution is 5.84. The van der Waals surface area contributed by atoms with E-state index in [1.54, 1.807) is 31.2 Å². The van der Waals surface area contributed by atoms with Crippen LogP contribution in [0.25, 0.3) is 11.0 Å². The summed E-state index contributed by atoms with van der Waals surface area (Å²) in [6, 6.07) is 15.0. The summed E-state index contributed by atoms with van der Waals surface area (Å²) in [5, 5.41) is 16.0. The van der Waals surface area contributed by atoms with E-state index < -0.39 is 12.2 Å². The fraction of sp³-hybridized carbons (Fsp3) is 0.364. The van der Waals surface area contributed by atoms with Crippen LogP contribution in [-0.2, 0) is 11.3 Å². The van der Waals surface area contributed by atoms with Gasteiger partial charge in [-0.15, -0.1) is 0 Å². The van der Waals surface area contributed by atoms with E-state index in [9.17, 15) is 9.90 Å². The van der Waals surface area contributed by atoms with E-state index in [-0.39, 0.29) is 6.61 Å². The summed E-state index contributed by atoms with van der Waals surface area (Å²) < 4.78 is 12.6. The molecule has 0 aliphatic rings. The van der Waals surface area contributed by atoms with Gasteiger partial charge in [-0.2, -0.15) is 0 Å². The Morgan fingerprint density at radius 1 is 1.20 bits per heavy atom. The number of carbonyl (C=O) groups is 1. The normalized spacial score (nSPS) is 11.9. The zero-order chi connectivity index (χ0) is 21.2. The number of carbonyl (C=O) groups excluding carboxylic acids is 1. The summed E-state index contributed by atoms with van der Waals surface area (Å²) in [5.74, 6) is 0.621. The van der Waals surface area contributed by atoms with Crippen molar-refractivity contribution >= 4 is 22.8 Å². The minimum absolute atomic E-state index is 0.184. The molecule has 3 N–H and O–H groups in total. The highest BCUT2D eigenvalue weighted by atomic mass is 16.5. The number of nitrogens with one attached hydrogen (secondary N) is 2. The van der Waals surface area contributed by atoms with Crippen molar-refractivity contribution in [3.05, 3.63) is 54.9 Å². The molecule has 3 aromatic rings. The van der Waals surface area contributed by atoms with E-state index in [0.29, 0.717) is 24.6 Å². The number of aliphatic hydroxyl groups is 1. The number of hydrogen-bond acceptors (Lipinski definition) is 6. The van der Waals surface area contributed by atoms with Crippen molar-refractivity contribution < 1.29 is 19.4 Å². The number of rotatable bonds is 11. The zero-order valence-corrected chi connectivity index (χ0v) is 17.1. The van der Waals surface area contributed by atoms with Gasteiger partial charge in [0.1, 0.15) is 18.5 Å². The topological polar surface area (TPSA) is 97.6 Å². The number of ether oxygens (including phenoxy) is 2. The number of imidazole rings is 1. The molecule has 1 aromatic heterocycles. The lowest BCUT2D eigenvalue weighted by atomic mass is 10.3. The number of hydrogen-bond donors (Lipinski definition) is 3. The van der Waals surface area contributed by atoms with Gasteiger partial charge in [0, 0.05) is 18.8 Å². The van der Waals surface area contributed by atoms with Crippen molar-refractivity contribution in [3.8, 4) is 5.75 Å². The molecule has 160 valence electrons. The van der Waals surface area contributed by atoms with Crippen molar-refractivity contribution in [1.82, 2.24) is 14.9 Å². The first kappa shape index (κ1) is 21.6. The van der Waals surface area contributed by atoms with Gasteiger partial charge in [0.05, 0.1) is 24.0 Å². The molecular formula is C22H28N4O4. The first-order valence-electron chi connectivity index (χ1n) is 10.1. The van der Waals surface area contributed by atoms with Crippen LogP contribution in [0.15, 0.2) is 54.9 Å². The van der Waals surface area contributed by atoms with Crippen LogP contribution < -0.4 is 15.4 Å². The second-order valence-electron chi connectivity index (χ2n) is 6.82. The Balaban J connectivity index is 1.30. The molecule has 0 aliphatic heterocycles. The molecule has 0 spiro atoms. The fourth-order valence-electron chi connectivity index (χ4n) is 3.00. The summed E-state index contributed by atoms with van der Waals surface area (Å²) in [6.07, 6.45) is 1.69. The third-order valence-corrected chi connectivity index (χ3v) is 4.48. The molecule has 0 bridgehead atoms. The van der Waals surface area contributed by atoms with Gasteiger partial charge in [-0.25, -0.2) is 9.78 Å². The van der Waals surface area contributed by atoms with E-state index in [2.05, 4.69) is 26.3 Å². The number of aromatic nitrogens is 2. The van der Waals surface area contributed by atoms with Crippen LogP contribution in [0.3, 0.4) is 0 Å². The summed E-state index contributed by atoms with van der Waals surface area (Å²) in [5.41, 5.74) is 2.76. The van der Waals surface area contributed by atoms with Gasteiger partial charge >= 0.3 is 6.09 Å². The Morgan fingerprint density at radius 3 is 2.80 bits per heavy atom. The number of fused-ring (bicyclic) bond motifs is 1. The molecule has 0 fully saturated rings. The molecule has 0 aliphatic carbocycles. The minimum atomic E-state index is -0.614. The molecule has 0 saturated carbocycles. The maximum atomic E-state index is 11.4. The zero-order valence-electron chi connectivity index (χ0n) is 17.1. The van der Waals surface area contributed by atoms with Gasteiger partial charge in [-0.05, 0) is 56.3 Å². The van der Waals surface area contributed by atoms with Crippen molar-refractivity contribution in [1.29, 1.82) is 0 Å². The van der Waals surface area contributed by atoms with Crippen molar-refractivity contribution in [2.75, 3.05) is 31.6 Å². The highest BCUT2D eigenvalue weighted by Crippen LogP contribution is 2.16. The molecule has 1 unspecified atom stereocenters. The number of para-hydroxylation sites is 2. The predicted molar refractivity (Wildman–Crippen MR) is 116 cm³/mol. The van der Waals surface area contributed by atoms with Crippen LogP contribution in [0.4, 0.5) is 10.5 Å². The number of aliphatic hydroxyl groups excluding tert-OH is 1. The minimum Gasteiger partial charge on any atom is -0.491 e. The van der Waals surface area contributed by atoms with Crippen LogP contribution in [0.5, 0.6) is 5.75 Å². The second-order valence-corrected chi connectivity index (χ2v) is 6.82. The molecule has 0 saturated heterocycles. The SMILES string of the molecule is CCOC(=O)Nc1ccc(OCC(O)CNCCCn2cnc3ccccc32)cc1. The molecule has 1 heterocycles. The molecule has 1 amide bonds. The molecule has 2 aromatic carbocycles. The predicted octanol–water partition coefficient (Wildman–Crippen LogP) is 3.02. The van der Waals surface area contributed by atoms with Crippen molar-refractivity contribution in [2.24, 2.45) is 0 Å². The molecule has 0 radical (unpaired) electrons. The quantitative estimate of drug-likeness (QED) is 0.419. The first-order valence-corrected chi connectivity index (χ1v) is 10.1. The molecule has 8 heteroatoms. The molecule has 30 heavy (non-hydrogen) atoms. The lowest BCUT2D eigenvalue weighted by Crippen LogP contribution is -2.32. The fourth-order valence-corrected chi connectivity index (χ4v) is 3.00. The number of benzene rings is 2. The van der Waals surface area contributed by atoms with Gasteiger partial charge in [0.25, 0.3) is 0 Å². The smallest absolute Gasteiger partial charge is 0.411 e. The van der Waals surface area contributed by atoms with Crippen LogP contribution >= 0.6 is 0 Å². The maximum Gasteiger partial charge on any atom is 0.411 e. The lowest BCUT2D eigenvalue weighted by Gasteiger charge is -2.14. The summed E-state index contributed by atoms with van der Waals surface area (Å²) >= 11 is 0. The van der Waals surface area contributed by atoms with E-state index in [1.165, 1.54) is 0 Å². The standard InChI is InChI=1S/C22H28N4O4/c1-2-29-22(28)25-17-8-10-19(11-9-17)30-15-18(27)14-23-12-5-13-26-16-24-20-6-3-4-7-21(20)26/h3-4,6-11,16,18,23,27H,2,5,12-15H2,1H3,(H,25,28). The van der Waals surface area contributed by atoms with E-state index in [4.69, 9.17) is 9.47 Å².